The van der Waals surface area contributed by atoms with E-state index in [2.05, 4.69) is 6.92 Å². The summed E-state index contributed by atoms with van der Waals surface area (Å²) >= 11 is 0. The molecule has 0 heterocycles. The Labute approximate surface area is 120 Å². The van der Waals surface area contributed by atoms with Gasteiger partial charge in [-0.05, 0) is 17.4 Å². The molecule has 5 heteroatoms. The fourth-order valence-electron chi connectivity index (χ4n) is 1.89. The maximum Gasteiger partial charge on any atom is 0.488 e. The van der Waals surface area contributed by atoms with Crippen LogP contribution in [-0.4, -0.2) is 23.1 Å². The summed E-state index contributed by atoms with van der Waals surface area (Å²) < 4.78 is 5.17. The van der Waals surface area contributed by atoms with Crippen LogP contribution in [0.5, 0.6) is 0 Å². The zero-order chi connectivity index (χ0) is 14.8. The summed E-state index contributed by atoms with van der Waals surface area (Å²) in [7, 11) is -1.46. The number of carbonyl (C=O) groups is 1. The van der Waals surface area contributed by atoms with Crippen molar-refractivity contribution in [3.63, 3.8) is 0 Å². The number of unbranched alkanes of at least 4 members (excludes halogenated alkanes) is 4. The van der Waals surface area contributed by atoms with E-state index in [1.165, 1.54) is 19.3 Å². The number of hydrogen-bond donors (Lipinski definition) is 2. The Bertz CT molecular complexity index is 389. The molecule has 0 unspecified atom stereocenters. The molecule has 0 aliphatic rings. The second kappa shape index (κ2) is 9.56. The third-order valence-electron chi connectivity index (χ3n) is 3.16. The first kappa shape index (κ1) is 16.7. The monoisotopic (exact) mass is 278 g/mol. The van der Waals surface area contributed by atoms with Crippen molar-refractivity contribution in [2.24, 2.45) is 0 Å². The molecule has 0 fully saturated rings. The number of carbonyl (C=O) groups excluding carboxylic acids is 1. The first-order chi connectivity index (χ1) is 9.63. The molecule has 2 N–H and O–H groups in total. The van der Waals surface area contributed by atoms with Crippen molar-refractivity contribution in [1.82, 2.24) is 0 Å². The van der Waals surface area contributed by atoms with E-state index >= 15 is 0 Å². The highest BCUT2D eigenvalue weighted by molar-refractivity contribution is 6.58. The summed E-state index contributed by atoms with van der Waals surface area (Å²) in [5.74, 6) is -0.173. The Morgan fingerprint density at radius 3 is 2.35 bits per heavy atom. The third kappa shape index (κ3) is 6.73. The van der Waals surface area contributed by atoms with Crippen LogP contribution in [0.4, 0.5) is 0 Å². The SMILES string of the molecule is CCCCCCCC(=O)OCc1ccc(B(O)O)cc1. The predicted molar refractivity (Wildman–Crippen MR) is 79.4 cm³/mol. The number of ether oxygens (including phenoxy) is 1. The minimum atomic E-state index is -1.46. The Kier molecular flexibility index (Phi) is 8.00. The zero-order valence-electron chi connectivity index (χ0n) is 12.0. The summed E-state index contributed by atoms with van der Waals surface area (Å²) in [5, 5.41) is 17.9. The predicted octanol–water partition coefficient (Wildman–Crippen LogP) is 1.77. The van der Waals surface area contributed by atoms with Gasteiger partial charge in [-0.2, -0.15) is 0 Å². The van der Waals surface area contributed by atoms with Gasteiger partial charge in [0.1, 0.15) is 6.61 Å². The van der Waals surface area contributed by atoms with Crippen LogP contribution in [0.25, 0.3) is 0 Å². The van der Waals surface area contributed by atoms with E-state index in [0.717, 1.165) is 18.4 Å². The van der Waals surface area contributed by atoms with Gasteiger partial charge >= 0.3 is 13.1 Å². The summed E-state index contributed by atoms with van der Waals surface area (Å²) in [6.45, 7) is 2.39. The molecule has 0 saturated heterocycles. The highest BCUT2D eigenvalue weighted by atomic mass is 16.5. The smallest absolute Gasteiger partial charge is 0.461 e. The molecular formula is C15H23BO4. The van der Waals surface area contributed by atoms with Gasteiger partial charge < -0.3 is 14.8 Å². The van der Waals surface area contributed by atoms with Crippen molar-refractivity contribution >= 4 is 18.6 Å². The largest absolute Gasteiger partial charge is 0.488 e. The van der Waals surface area contributed by atoms with Gasteiger partial charge in [0.2, 0.25) is 0 Å². The standard InChI is InChI=1S/C15H23BO4/c1-2-3-4-5-6-7-15(17)20-12-13-8-10-14(11-9-13)16(18)19/h8-11,18-19H,2-7,12H2,1H3. The Hall–Kier alpha value is -1.33. The maximum atomic E-state index is 11.5. The number of hydrogen-bond acceptors (Lipinski definition) is 4. The van der Waals surface area contributed by atoms with E-state index in [0.29, 0.717) is 11.9 Å². The van der Waals surface area contributed by atoms with Crippen LogP contribution in [-0.2, 0) is 16.1 Å². The van der Waals surface area contributed by atoms with Gasteiger partial charge in [0.25, 0.3) is 0 Å². The average molecular weight is 278 g/mol. The lowest BCUT2D eigenvalue weighted by molar-refractivity contribution is -0.145. The van der Waals surface area contributed by atoms with Gasteiger partial charge in [-0.15, -0.1) is 0 Å². The molecule has 4 nitrogen and oxygen atoms in total. The van der Waals surface area contributed by atoms with Crippen LogP contribution in [0.2, 0.25) is 0 Å². The molecule has 0 radical (unpaired) electrons. The Balaban J connectivity index is 2.20. The van der Waals surface area contributed by atoms with Gasteiger partial charge in [0.05, 0.1) is 0 Å². The van der Waals surface area contributed by atoms with E-state index in [1.54, 1.807) is 24.3 Å². The van der Waals surface area contributed by atoms with E-state index < -0.39 is 7.12 Å². The lowest BCUT2D eigenvalue weighted by Crippen LogP contribution is -2.29. The second-order valence-electron chi connectivity index (χ2n) is 4.94. The second-order valence-corrected chi connectivity index (χ2v) is 4.94. The molecule has 20 heavy (non-hydrogen) atoms. The minimum Gasteiger partial charge on any atom is -0.461 e. The topological polar surface area (TPSA) is 66.8 Å². The minimum absolute atomic E-state index is 0.173. The summed E-state index contributed by atoms with van der Waals surface area (Å²) in [5.41, 5.74) is 1.27. The van der Waals surface area contributed by atoms with Crippen molar-refractivity contribution in [3.05, 3.63) is 29.8 Å². The average Bonchev–Trinajstić information content (AvgIpc) is 2.45. The maximum absolute atomic E-state index is 11.5. The van der Waals surface area contributed by atoms with Crippen LogP contribution >= 0.6 is 0 Å². The normalized spacial score (nSPS) is 10.3. The van der Waals surface area contributed by atoms with E-state index in [4.69, 9.17) is 14.8 Å². The number of benzene rings is 1. The summed E-state index contributed by atoms with van der Waals surface area (Å²) in [4.78, 5) is 11.5. The molecule has 0 spiro atoms. The fourth-order valence-corrected chi connectivity index (χ4v) is 1.89. The highest BCUT2D eigenvalue weighted by Gasteiger charge is 2.10. The van der Waals surface area contributed by atoms with Crippen molar-refractivity contribution in [2.75, 3.05) is 0 Å². The van der Waals surface area contributed by atoms with Gasteiger partial charge in [0, 0.05) is 6.42 Å². The van der Waals surface area contributed by atoms with Gasteiger partial charge in [-0.1, -0.05) is 56.9 Å². The highest BCUT2D eigenvalue weighted by Crippen LogP contribution is 2.07. The van der Waals surface area contributed by atoms with Crippen LogP contribution < -0.4 is 5.46 Å². The molecule has 0 aliphatic carbocycles. The van der Waals surface area contributed by atoms with Gasteiger partial charge in [-0.25, -0.2) is 0 Å². The molecule has 0 amide bonds. The molecule has 0 atom stereocenters. The number of rotatable bonds is 9. The van der Waals surface area contributed by atoms with Crippen molar-refractivity contribution in [2.45, 2.75) is 52.1 Å². The molecule has 0 bridgehead atoms. The lowest BCUT2D eigenvalue weighted by atomic mass is 9.80. The molecule has 1 aromatic rings. The Morgan fingerprint density at radius 1 is 1.10 bits per heavy atom. The molecule has 0 aliphatic heterocycles. The van der Waals surface area contributed by atoms with Crippen LogP contribution in [0.1, 0.15) is 51.0 Å². The van der Waals surface area contributed by atoms with Crippen molar-refractivity contribution in [3.8, 4) is 0 Å². The first-order valence-corrected chi connectivity index (χ1v) is 7.24. The quantitative estimate of drug-likeness (QED) is 0.410. The van der Waals surface area contributed by atoms with Gasteiger partial charge in [-0.3, -0.25) is 4.79 Å². The zero-order valence-corrected chi connectivity index (χ0v) is 12.0. The Morgan fingerprint density at radius 2 is 1.75 bits per heavy atom. The first-order valence-electron chi connectivity index (χ1n) is 7.24. The van der Waals surface area contributed by atoms with E-state index in [-0.39, 0.29) is 12.6 Å². The van der Waals surface area contributed by atoms with Crippen molar-refractivity contribution in [1.29, 1.82) is 0 Å². The van der Waals surface area contributed by atoms with E-state index in [9.17, 15) is 4.79 Å². The molecular weight excluding hydrogens is 255 g/mol. The van der Waals surface area contributed by atoms with Crippen LogP contribution in [0.15, 0.2) is 24.3 Å². The van der Waals surface area contributed by atoms with Gasteiger partial charge in [0.15, 0.2) is 0 Å². The van der Waals surface area contributed by atoms with Crippen LogP contribution in [0, 0.1) is 0 Å². The van der Waals surface area contributed by atoms with Crippen molar-refractivity contribution < 1.29 is 19.6 Å². The molecule has 1 rings (SSSR count). The fraction of sp³-hybridized carbons (Fsp3) is 0.533. The molecule has 1 aromatic carbocycles. The summed E-state index contributed by atoms with van der Waals surface area (Å²) in [6, 6.07) is 6.67. The summed E-state index contributed by atoms with van der Waals surface area (Å²) in [6.07, 6.45) is 6.02. The van der Waals surface area contributed by atoms with Crippen LogP contribution in [0.3, 0.4) is 0 Å². The van der Waals surface area contributed by atoms with E-state index in [1.807, 2.05) is 0 Å². The third-order valence-corrected chi connectivity index (χ3v) is 3.16. The number of esters is 1. The molecule has 110 valence electrons. The molecule has 0 saturated carbocycles. The lowest BCUT2D eigenvalue weighted by Gasteiger charge is -2.06. The molecule has 0 aromatic heterocycles.